The molecule has 0 radical (unpaired) electrons. The molecule has 0 saturated carbocycles. The third-order valence-electron chi connectivity index (χ3n) is 1.17. The standard InChI is InChI=1S/C9H8FS.Li/c1-2-7-11-9-6-4-3-5-8(9)10;/h3-6H,1,7H2;/q-1;+1. The average molecular weight is 174 g/mol. The second-order valence-electron chi connectivity index (χ2n) is 1.97. The molecule has 12 heavy (non-hydrogen) atoms. The van der Waals surface area contributed by atoms with Crippen LogP contribution in [0.2, 0.25) is 0 Å². The topological polar surface area (TPSA) is 0 Å². The van der Waals surface area contributed by atoms with Crippen molar-refractivity contribution in [2.24, 2.45) is 0 Å². The van der Waals surface area contributed by atoms with Crippen LogP contribution in [0, 0.1) is 11.9 Å². The molecule has 0 aliphatic heterocycles. The summed E-state index contributed by atoms with van der Waals surface area (Å²) in [6.07, 6.45) is 2.69. The number of halogens is 1. The van der Waals surface area contributed by atoms with Crippen molar-refractivity contribution in [3.8, 4) is 0 Å². The van der Waals surface area contributed by atoms with Crippen LogP contribution >= 0.6 is 11.8 Å². The van der Waals surface area contributed by atoms with Crippen molar-refractivity contribution >= 4 is 11.8 Å². The molecule has 0 amide bonds. The molecule has 0 aliphatic carbocycles. The summed E-state index contributed by atoms with van der Waals surface area (Å²) in [6.45, 7) is 3.44. The third-order valence-corrected chi connectivity index (χ3v) is 2.16. The third kappa shape index (κ3) is 3.49. The molecule has 0 bridgehead atoms. The van der Waals surface area contributed by atoms with Crippen molar-refractivity contribution in [2.45, 2.75) is 4.90 Å². The van der Waals surface area contributed by atoms with E-state index in [4.69, 9.17) is 0 Å². The van der Waals surface area contributed by atoms with Gasteiger partial charge in [0.15, 0.2) is 0 Å². The SMILES string of the molecule is C=[C-]CSc1ccccc1F.[Li+]. The van der Waals surface area contributed by atoms with Crippen LogP contribution in [-0.4, -0.2) is 5.75 Å². The summed E-state index contributed by atoms with van der Waals surface area (Å²) in [7, 11) is 0. The van der Waals surface area contributed by atoms with Gasteiger partial charge in [-0.05, 0) is 12.1 Å². The molecular weight excluding hydrogens is 166 g/mol. The second kappa shape index (κ2) is 6.36. The predicted octanol–water partition coefficient (Wildman–Crippen LogP) is -0.0890. The van der Waals surface area contributed by atoms with Crippen LogP contribution in [0.4, 0.5) is 4.39 Å². The molecule has 0 nitrogen and oxygen atoms in total. The van der Waals surface area contributed by atoms with Gasteiger partial charge in [0, 0.05) is 4.90 Å². The Morgan fingerprint density at radius 3 is 2.67 bits per heavy atom. The van der Waals surface area contributed by atoms with Crippen molar-refractivity contribution < 1.29 is 23.3 Å². The molecule has 58 valence electrons. The fourth-order valence-corrected chi connectivity index (χ4v) is 1.33. The van der Waals surface area contributed by atoms with E-state index in [0.29, 0.717) is 10.6 Å². The van der Waals surface area contributed by atoms with Gasteiger partial charge in [0.1, 0.15) is 5.82 Å². The number of hydrogen-bond donors (Lipinski definition) is 0. The Morgan fingerprint density at radius 2 is 2.08 bits per heavy atom. The van der Waals surface area contributed by atoms with E-state index < -0.39 is 0 Å². The molecule has 0 fully saturated rings. The Labute approximate surface area is 88.4 Å². The largest absolute Gasteiger partial charge is 1.00 e. The van der Waals surface area contributed by atoms with Crippen LogP contribution in [0.15, 0.2) is 35.7 Å². The predicted molar refractivity (Wildman–Crippen MR) is 46.0 cm³/mol. The van der Waals surface area contributed by atoms with Gasteiger partial charge in [-0.3, -0.25) is 6.58 Å². The Kier molecular flexibility index (Phi) is 6.28. The molecule has 1 aromatic rings. The summed E-state index contributed by atoms with van der Waals surface area (Å²) in [5.74, 6) is 0.453. The van der Waals surface area contributed by atoms with E-state index in [1.807, 2.05) is 6.07 Å². The minimum Gasteiger partial charge on any atom is -0.494 e. The maximum atomic E-state index is 12.8. The van der Waals surface area contributed by atoms with Crippen LogP contribution < -0.4 is 18.9 Å². The first-order valence-electron chi connectivity index (χ1n) is 3.22. The summed E-state index contributed by atoms with van der Waals surface area (Å²) < 4.78 is 12.8. The van der Waals surface area contributed by atoms with Gasteiger partial charge in [0.25, 0.3) is 0 Å². The van der Waals surface area contributed by atoms with Crippen molar-refractivity contribution in [3.63, 3.8) is 0 Å². The maximum absolute atomic E-state index is 12.8. The van der Waals surface area contributed by atoms with Gasteiger partial charge >= 0.3 is 18.9 Å². The van der Waals surface area contributed by atoms with Gasteiger partial charge in [-0.15, -0.1) is 5.75 Å². The van der Waals surface area contributed by atoms with Gasteiger partial charge in [-0.1, -0.05) is 12.1 Å². The summed E-state index contributed by atoms with van der Waals surface area (Å²) in [5.41, 5.74) is 0. The molecule has 0 aromatic heterocycles. The fourth-order valence-electron chi connectivity index (χ4n) is 0.691. The number of hydrogen-bond acceptors (Lipinski definition) is 1. The quantitative estimate of drug-likeness (QED) is 0.350. The van der Waals surface area contributed by atoms with E-state index in [1.54, 1.807) is 12.1 Å². The molecule has 0 saturated heterocycles. The molecule has 0 aliphatic rings. The number of rotatable bonds is 3. The monoisotopic (exact) mass is 174 g/mol. The Hall–Kier alpha value is -0.163. The van der Waals surface area contributed by atoms with Crippen LogP contribution in [0.25, 0.3) is 0 Å². The van der Waals surface area contributed by atoms with E-state index in [1.165, 1.54) is 17.8 Å². The van der Waals surface area contributed by atoms with Crippen molar-refractivity contribution in [1.82, 2.24) is 0 Å². The molecule has 1 rings (SSSR count). The summed E-state index contributed by atoms with van der Waals surface area (Å²) in [4.78, 5) is 0.656. The first kappa shape index (κ1) is 11.8. The molecule has 3 heteroatoms. The zero-order valence-corrected chi connectivity index (χ0v) is 7.83. The van der Waals surface area contributed by atoms with Crippen LogP contribution in [-0.2, 0) is 0 Å². The minimum atomic E-state index is -0.173. The molecule has 1 aromatic carbocycles. The Bertz CT molecular complexity index is 250. The van der Waals surface area contributed by atoms with Crippen molar-refractivity contribution in [3.05, 3.63) is 42.7 Å². The van der Waals surface area contributed by atoms with Crippen LogP contribution in [0.5, 0.6) is 0 Å². The van der Waals surface area contributed by atoms with E-state index in [-0.39, 0.29) is 24.7 Å². The van der Waals surface area contributed by atoms with E-state index in [2.05, 4.69) is 12.7 Å². The Balaban J connectivity index is 0.00000121. The summed E-state index contributed by atoms with van der Waals surface area (Å²) in [5, 5.41) is 0. The number of benzene rings is 1. The summed E-state index contributed by atoms with van der Waals surface area (Å²) >= 11 is 1.40. The normalized spacial score (nSPS) is 8.75. The van der Waals surface area contributed by atoms with Gasteiger partial charge in [0.2, 0.25) is 0 Å². The molecule has 0 heterocycles. The average Bonchev–Trinajstić information content (AvgIpc) is 2.03. The van der Waals surface area contributed by atoms with E-state index >= 15 is 0 Å². The Morgan fingerprint density at radius 1 is 1.42 bits per heavy atom. The van der Waals surface area contributed by atoms with E-state index in [0.717, 1.165) is 0 Å². The van der Waals surface area contributed by atoms with E-state index in [9.17, 15) is 4.39 Å². The first-order valence-corrected chi connectivity index (χ1v) is 4.20. The smallest absolute Gasteiger partial charge is 0.494 e. The van der Waals surface area contributed by atoms with Gasteiger partial charge in [-0.25, -0.2) is 4.39 Å². The molecule has 0 atom stereocenters. The van der Waals surface area contributed by atoms with Gasteiger partial charge in [0.05, 0.1) is 0 Å². The molecule has 0 N–H and O–H groups in total. The molecular formula is C9H8FLiS. The van der Waals surface area contributed by atoms with Crippen LogP contribution in [0.3, 0.4) is 0 Å². The summed E-state index contributed by atoms with van der Waals surface area (Å²) in [6, 6.07) is 6.69. The molecule has 0 unspecified atom stereocenters. The zero-order chi connectivity index (χ0) is 8.10. The number of thioether (sulfide) groups is 1. The van der Waals surface area contributed by atoms with Crippen LogP contribution in [0.1, 0.15) is 0 Å². The van der Waals surface area contributed by atoms with Crippen molar-refractivity contribution in [2.75, 3.05) is 5.75 Å². The maximum Gasteiger partial charge on any atom is 1.00 e. The van der Waals surface area contributed by atoms with Gasteiger partial charge < -0.3 is 6.08 Å². The molecule has 0 spiro atoms. The van der Waals surface area contributed by atoms with Crippen molar-refractivity contribution in [1.29, 1.82) is 0 Å². The first-order chi connectivity index (χ1) is 5.34. The fraction of sp³-hybridized carbons (Fsp3) is 0.111. The second-order valence-corrected chi connectivity index (χ2v) is 2.99. The van der Waals surface area contributed by atoms with Gasteiger partial charge in [-0.2, -0.15) is 11.8 Å². The zero-order valence-electron chi connectivity index (χ0n) is 7.01. The minimum absolute atomic E-state index is 0.